The molecule has 0 aromatic carbocycles. The van der Waals surface area contributed by atoms with Crippen LogP contribution >= 0.6 is 0 Å². The number of nitrogens with zero attached hydrogens (tertiary/aromatic N) is 2. The molecule has 1 aromatic rings. The van der Waals surface area contributed by atoms with Gasteiger partial charge in [-0.3, -0.25) is 5.10 Å². The molecule has 1 aromatic heterocycles. The Hall–Kier alpha value is -0.900. The predicted octanol–water partition coefficient (Wildman–Crippen LogP) is 2.84. The molecular weight excluding hydrogens is 248 g/mol. The first-order valence-electron chi connectivity index (χ1n) is 8.33. The van der Waals surface area contributed by atoms with Crippen molar-refractivity contribution in [1.82, 2.24) is 20.5 Å². The van der Waals surface area contributed by atoms with Gasteiger partial charge in [0.1, 0.15) is 5.82 Å². The van der Waals surface area contributed by atoms with E-state index in [-0.39, 0.29) is 0 Å². The molecule has 4 aliphatic rings. The number of H-pyrrole nitrogens is 1. The summed E-state index contributed by atoms with van der Waals surface area (Å²) in [5.74, 6) is 6.54. The fourth-order valence-corrected chi connectivity index (χ4v) is 5.19. The van der Waals surface area contributed by atoms with E-state index in [9.17, 15) is 0 Å². The van der Waals surface area contributed by atoms with Crippen LogP contribution in [0.15, 0.2) is 0 Å². The second-order valence-electron chi connectivity index (χ2n) is 7.63. The summed E-state index contributed by atoms with van der Waals surface area (Å²) in [7, 11) is 0. The standard InChI is InChI=1S/C16H26N4/c1-9(2)17-8-14-18-16(20-19-14)15-12-4-10-3-11(6-12)7-13(15)5-10/h9-13,15,17H,3-8H2,1-2H3,(H,18,19,20). The second kappa shape index (κ2) is 4.83. The zero-order valence-electron chi connectivity index (χ0n) is 12.6. The molecular formula is C16H26N4. The lowest BCUT2D eigenvalue weighted by atomic mass is 9.52. The Balaban J connectivity index is 1.50. The molecule has 0 amide bonds. The third-order valence-electron chi connectivity index (χ3n) is 5.75. The maximum Gasteiger partial charge on any atom is 0.154 e. The minimum absolute atomic E-state index is 0.490. The summed E-state index contributed by atoms with van der Waals surface area (Å²) in [6, 6.07) is 0.490. The van der Waals surface area contributed by atoms with Gasteiger partial charge in [-0.25, -0.2) is 4.98 Å². The fourth-order valence-electron chi connectivity index (χ4n) is 5.19. The van der Waals surface area contributed by atoms with Crippen LogP contribution in [0.1, 0.15) is 63.5 Å². The number of nitrogens with one attached hydrogen (secondary N) is 2. The van der Waals surface area contributed by atoms with Crippen molar-refractivity contribution in [1.29, 1.82) is 0 Å². The van der Waals surface area contributed by atoms with Gasteiger partial charge in [0, 0.05) is 12.0 Å². The lowest BCUT2D eigenvalue weighted by Gasteiger charge is -2.53. The molecule has 0 atom stereocenters. The molecule has 110 valence electrons. The van der Waals surface area contributed by atoms with E-state index in [2.05, 4.69) is 29.4 Å². The van der Waals surface area contributed by atoms with Crippen LogP contribution in [0.2, 0.25) is 0 Å². The molecule has 4 bridgehead atoms. The largest absolute Gasteiger partial charge is 0.308 e. The summed E-state index contributed by atoms with van der Waals surface area (Å²) in [6.07, 6.45) is 7.26. The van der Waals surface area contributed by atoms with Crippen molar-refractivity contribution in [2.45, 2.75) is 64.5 Å². The van der Waals surface area contributed by atoms with Gasteiger partial charge in [0.25, 0.3) is 0 Å². The van der Waals surface area contributed by atoms with E-state index in [0.717, 1.165) is 41.9 Å². The van der Waals surface area contributed by atoms with Gasteiger partial charge in [-0.2, -0.15) is 5.10 Å². The van der Waals surface area contributed by atoms with Crippen LogP contribution in [-0.4, -0.2) is 21.2 Å². The number of hydrogen-bond acceptors (Lipinski definition) is 3. The van der Waals surface area contributed by atoms with Crippen molar-refractivity contribution in [2.75, 3.05) is 0 Å². The first kappa shape index (κ1) is 12.8. The van der Waals surface area contributed by atoms with Gasteiger partial charge in [-0.1, -0.05) is 13.8 Å². The Kier molecular flexibility index (Phi) is 3.09. The van der Waals surface area contributed by atoms with Crippen LogP contribution in [0.3, 0.4) is 0 Å². The molecule has 20 heavy (non-hydrogen) atoms. The molecule has 4 nitrogen and oxygen atoms in total. The van der Waals surface area contributed by atoms with Gasteiger partial charge in [0.05, 0.1) is 6.54 Å². The normalized spacial score (nSPS) is 38.9. The first-order valence-corrected chi connectivity index (χ1v) is 8.33. The predicted molar refractivity (Wildman–Crippen MR) is 78.1 cm³/mol. The van der Waals surface area contributed by atoms with Crippen LogP contribution in [0.25, 0.3) is 0 Å². The van der Waals surface area contributed by atoms with Gasteiger partial charge in [0.15, 0.2) is 5.82 Å². The number of hydrogen-bond donors (Lipinski definition) is 2. The summed E-state index contributed by atoms with van der Waals surface area (Å²) < 4.78 is 0. The molecule has 2 N–H and O–H groups in total. The second-order valence-corrected chi connectivity index (χ2v) is 7.63. The highest BCUT2D eigenvalue weighted by Crippen LogP contribution is 2.59. The maximum atomic E-state index is 4.80. The molecule has 0 radical (unpaired) electrons. The third-order valence-corrected chi connectivity index (χ3v) is 5.75. The van der Waals surface area contributed by atoms with Crippen molar-refractivity contribution < 1.29 is 0 Å². The van der Waals surface area contributed by atoms with Gasteiger partial charge < -0.3 is 5.32 Å². The molecule has 0 aliphatic heterocycles. The number of aromatic nitrogens is 3. The number of rotatable bonds is 4. The highest BCUT2D eigenvalue weighted by molar-refractivity contribution is 5.11. The summed E-state index contributed by atoms with van der Waals surface area (Å²) in [5.41, 5.74) is 0. The Morgan fingerprint density at radius 1 is 1.10 bits per heavy atom. The molecule has 0 spiro atoms. The zero-order chi connectivity index (χ0) is 13.7. The molecule has 5 rings (SSSR count). The van der Waals surface area contributed by atoms with Crippen LogP contribution in [-0.2, 0) is 6.54 Å². The highest BCUT2D eigenvalue weighted by Gasteiger charge is 2.49. The van der Waals surface area contributed by atoms with E-state index in [0.29, 0.717) is 12.0 Å². The van der Waals surface area contributed by atoms with Crippen molar-refractivity contribution >= 4 is 0 Å². The summed E-state index contributed by atoms with van der Waals surface area (Å²) in [6.45, 7) is 5.13. The van der Waals surface area contributed by atoms with E-state index in [1.54, 1.807) is 0 Å². The monoisotopic (exact) mass is 274 g/mol. The average Bonchev–Trinajstić information content (AvgIpc) is 2.83. The van der Waals surface area contributed by atoms with Crippen LogP contribution < -0.4 is 5.32 Å². The van der Waals surface area contributed by atoms with E-state index in [4.69, 9.17) is 4.98 Å². The summed E-state index contributed by atoms with van der Waals surface area (Å²) in [5, 5.41) is 11.1. The smallest absolute Gasteiger partial charge is 0.154 e. The number of aromatic amines is 1. The quantitative estimate of drug-likeness (QED) is 0.887. The first-order chi connectivity index (χ1) is 9.69. The lowest BCUT2D eigenvalue weighted by molar-refractivity contribution is -0.00555. The van der Waals surface area contributed by atoms with Gasteiger partial charge in [-0.05, 0) is 55.8 Å². The zero-order valence-corrected chi connectivity index (χ0v) is 12.6. The van der Waals surface area contributed by atoms with E-state index in [1.807, 2.05) is 0 Å². The van der Waals surface area contributed by atoms with E-state index in [1.165, 1.54) is 32.1 Å². The van der Waals surface area contributed by atoms with Gasteiger partial charge in [0.2, 0.25) is 0 Å². The molecule has 1 heterocycles. The minimum Gasteiger partial charge on any atom is -0.308 e. The van der Waals surface area contributed by atoms with Crippen LogP contribution in [0.4, 0.5) is 0 Å². The SMILES string of the molecule is CC(C)NCc1nc(C2C3CC4CC(C3)CC2C4)n[nH]1. The van der Waals surface area contributed by atoms with Crippen LogP contribution in [0, 0.1) is 23.7 Å². The third kappa shape index (κ3) is 2.18. The molecule has 0 saturated heterocycles. The Labute approximate surface area is 121 Å². The van der Waals surface area contributed by atoms with E-state index < -0.39 is 0 Å². The molecule has 4 heteroatoms. The van der Waals surface area contributed by atoms with Gasteiger partial charge >= 0.3 is 0 Å². The Morgan fingerprint density at radius 2 is 1.75 bits per heavy atom. The summed E-state index contributed by atoms with van der Waals surface area (Å²) >= 11 is 0. The van der Waals surface area contributed by atoms with Crippen molar-refractivity contribution in [2.24, 2.45) is 23.7 Å². The topological polar surface area (TPSA) is 53.6 Å². The van der Waals surface area contributed by atoms with E-state index >= 15 is 0 Å². The fraction of sp³-hybridized carbons (Fsp3) is 0.875. The van der Waals surface area contributed by atoms with Crippen molar-refractivity contribution in [3.63, 3.8) is 0 Å². The maximum absolute atomic E-state index is 4.80. The Bertz CT molecular complexity index is 451. The van der Waals surface area contributed by atoms with Crippen molar-refractivity contribution in [3.05, 3.63) is 11.6 Å². The highest BCUT2D eigenvalue weighted by atomic mass is 15.2. The van der Waals surface area contributed by atoms with Crippen LogP contribution in [0.5, 0.6) is 0 Å². The summed E-state index contributed by atoms with van der Waals surface area (Å²) in [4.78, 5) is 4.80. The Morgan fingerprint density at radius 3 is 2.35 bits per heavy atom. The van der Waals surface area contributed by atoms with Crippen molar-refractivity contribution in [3.8, 4) is 0 Å². The molecule has 4 aliphatic carbocycles. The van der Waals surface area contributed by atoms with Gasteiger partial charge in [-0.15, -0.1) is 0 Å². The average molecular weight is 274 g/mol. The molecule has 4 saturated carbocycles. The molecule has 0 unspecified atom stereocenters. The minimum atomic E-state index is 0.490. The molecule has 4 fully saturated rings. The lowest BCUT2D eigenvalue weighted by Crippen LogP contribution is -2.44.